The molecule has 3 heterocycles. The van der Waals surface area contributed by atoms with Gasteiger partial charge in [0.2, 0.25) is 5.91 Å². The summed E-state index contributed by atoms with van der Waals surface area (Å²) >= 11 is 12.1. The lowest BCUT2D eigenvalue weighted by Crippen LogP contribution is -2.27. The Kier molecular flexibility index (Phi) is 7.65. The fourth-order valence-corrected chi connectivity index (χ4v) is 3.65. The van der Waals surface area contributed by atoms with Gasteiger partial charge in [-0.2, -0.15) is 8.78 Å². The Hall–Kier alpha value is -3.77. The van der Waals surface area contributed by atoms with E-state index in [0.29, 0.717) is 16.3 Å². The molecule has 0 spiro atoms. The van der Waals surface area contributed by atoms with E-state index >= 15 is 4.39 Å². The van der Waals surface area contributed by atoms with Crippen molar-refractivity contribution in [1.29, 1.82) is 0 Å². The van der Waals surface area contributed by atoms with Crippen molar-refractivity contribution in [2.75, 3.05) is 11.9 Å². The molecule has 2 N–H and O–H groups in total. The summed E-state index contributed by atoms with van der Waals surface area (Å²) < 4.78 is 45.2. The number of benzene rings is 1. The zero-order chi connectivity index (χ0) is 25.7. The first-order valence-corrected chi connectivity index (χ1v) is 11.1. The third-order valence-corrected chi connectivity index (χ3v) is 5.60. The number of nitrogens with one attached hydrogen (secondary N) is 2. The minimum Gasteiger partial charge on any atom is -0.361 e. The van der Waals surface area contributed by atoms with E-state index in [1.807, 2.05) is 0 Å². The first-order chi connectivity index (χ1) is 17.2. The van der Waals surface area contributed by atoms with Crippen LogP contribution in [0.25, 0.3) is 5.69 Å². The predicted molar refractivity (Wildman–Crippen MR) is 126 cm³/mol. The lowest BCUT2D eigenvalue weighted by molar-refractivity contribution is -0.120. The SMILES string of the molecule is O=C(Cc1c(Cl)cnc(NCC(F)(F)c2ccccn2)c1F)NCc1cc(Cl)ccc1-n1cnnn1. The number of hydrogen-bond acceptors (Lipinski definition) is 7. The van der Waals surface area contributed by atoms with Gasteiger partial charge in [-0.05, 0) is 46.3 Å². The first kappa shape index (κ1) is 25.3. The number of anilines is 1. The van der Waals surface area contributed by atoms with Crippen molar-refractivity contribution < 1.29 is 18.0 Å². The molecule has 1 amide bonds. The van der Waals surface area contributed by atoms with Gasteiger partial charge in [-0.15, -0.1) is 5.10 Å². The van der Waals surface area contributed by atoms with E-state index in [0.717, 1.165) is 12.3 Å². The topological polar surface area (TPSA) is 111 Å². The van der Waals surface area contributed by atoms with E-state index in [4.69, 9.17) is 23.2 Å². The van der Waals surface area contributed by atoms with Gasteiger partial charge in [0.1, 0.15) is 12.0 Å². The normalized spacial score (nSPS) is 11.4. The zero-order valence-electron chi connectivity index (χ0n) is 18.3. The van der Waals surface area contributed by atoms with E-state index in [2.05, 4.69) is 36.1 Å². The van der Waals surface area contributed by atoms with Crippen molar-refractivity contribution in [1.82, 2.24) is 35.5 Å². The molecule has 4 rings (SSSR count). The molecule has 3 aromatic heterocycles. The van der Waals surface area contributed by atoms with E-state index in [1.54, 1.807) is 18.2 Å². The summed E-state index contributed by atoms with van der Waals surface area (Å²) in [7, 11) is 0. The summed E-state index contributed by atoms with van der Waals surface area (Å²) in [5.74, 6) is -5.43. The highest BCUT2D eigenvalue weighted by molar-refractivity contribution is 6.31. The number of amides is 1. The second-order valence-electron chi connectivity index (χ2n) is 7.50. The molecule has 0 aliphatic carbocycles. The largest absolute Gasteiger partial charge is 0.361 e. The third-order valence-electron chi connectivity index (χ3n) is 5.04. The second kappa shape index (κ2) is 10.9. The van der Waals surface area contributed by atoms with Crippen LogP contribution in [0.1, 0.15) is 16.8 Å². The molecule has 0 aliphatic rings. The monoisotopic (exact) mass is 536 g/mol. The molecule has 0 aliphatic heterocycles. The van der Waals surface area contributed by atoms with Crippen LogP contribution in [0.15, 0.2) is 55.1 Å². The Balaban J connectivity index is 1.44. The Morgan fingerprint density at radius 1 is 1.14 bits per heavy atom. The van der Waals surface area contributed by atoms with Gasteiger partial charge in [-0.1, -0.05) is 29.3 Å². The average Bonchev–Trinajstić information content (AvgIpc) is 3.40. The molecule has 9 nitrogen and oxygen atoms in total. The molecule has 0 fully saturated rings. The van der Waals surface area contributed by atoms with Crippen molar-refractivity contribution in [2.24, 2.45) is 0 Å². The van der Waals surface area contributed by atoms with Crippen molar-refractivity contribution in [3.63, 3.8) is 0 Å². The maximum atomic E-state index is 15.0. The van der Waals surface area contributed by atoms with Gasteiger partial charge in [0.15, 0.2) is 11.6 Å². The maximum Gasteiger partial charge on any atom is 0.306 e. The predicted octanol–water partition coefficient (Wildman–Crippen LogP) is 3.96. The number of rotatable bonds is 9. The first-order valence-electron chi connectivity index (χ1n) is 10.4. The minimum atomic E-state index is -3.39. The lowest BCUT2D eigenvalue weighted by atomic mass is 10.1. The van der Waals surface area contributed by atoms with Crippen LogP contribution >= 0.6 is 23.2 Å². The Morgan fingerprint density at radius 3 is 2.69 bits per heavy atom. The van der Waals surface area contributed by atoms with Gasteiger partial charge in [-0.3, -0.25) is 9.78 Å². The molecule has 0 unspecified atom stereocenters. The van der Waals surface area contributed by atoms with Crippen LogP contribution in [0.3, 0.4) is 0 Å². The minimum absolute atomic E-state index is 0.0281. The number of aromatic nitrogens is 6. The Bertz CT molecular complexity index is 1360. The number of hydrogen-bond donors (Lipinski definition) is 2. The molecule has 1 aromatic carbocycles. The maximum absolute atomic E-state index is 15.0. The highest BCUT2D eigenvalue weighted by atomic mass is 35.5. The van der Waals surface area contributed by atoms with Crippen LogP contribution in [0.2, 0.25) is 10.0 Å². The second-order valence-corrected chi connectivity index (χ2v) is 8.34. The molecular formula is C22H17Cl2F3N8O. The quantitative estimate of drug-likeness (QED) is 0.333. The molecular weight excluding hydrogens is 520 g/mol. The third kappa shape index (κ3) is 5.89. The van der Waals surface area contributed by atoms with Crippen LogP contribution in [0, 0.1) is 5.82 Å². The van der Waals surface area contributed by atoms with Crippen LogP contribution < -0.4 is 10.6 Å². The van der Waals surface area contributed by atoms with Crippen molar-refractivity contribution in [2.45, 2.75) is 18.9 Å². The zero-order valence-corrected chi connectivity index (χ0v) is 19.8. The summed E-state index contributed by atoms with van der Waals surface area (Å²) in [6.07, 6.45) is 3.24. The molecule has 0 saturated heterocycles. The highest BCUT2D eigenvalue weighted by Gasteiger charge is 2.33. The molecule has 14 heteroatoms. The number of alkyl halides is 2. The summed E-state index contributed by atoms with van der Waals surface area (Å²) in [6, 6.07) is 9.03. The van der Waals surface area contributed by atoms with E-state index in [-0.39, 0.29) is 17.1 Å². The number of pyridine rings is 2. The molecule has 0 radical (unpaired) electrons. The van der Waals surface area contributed by atoms with E-state index < -0.39 is 42.1 Å². The van der Waals surface area contributed by atoms with Crippen LogP contribution in [-0.2, 0) is 23.7 Å². The van der Waals surface area contributed by atoms with Crippen LogP contribution in [-0.4, -0.2) is 42.6 Å². The molecule has 0 bridgehead atoms. The molecule has 36 heavy (non-hydrogen) atoms. The van der Waals surface area contributed by atoms with Gasteiger partial charge in [0.05, 0.1) is 23.7 Å². The smallest absolute Gasteiger partial charge is 0.306 e. The van der Waals surface area contributed by atoms with E-state index in [1.165, 1.54) is 29.3 Å². The van der Waals surface area contributed by atoms with Gasteiger partial charge in [0.25, 0.3) is 0 Å². The number of carbonyl (C=O) groups is 1. The molecule has 0 atom stereocenters. The van der Waals surface area contributed by atoms with Crippen molar-refractivity contribution in [3.8, 4) is 5.69 Å². The fourth-order valence-electron chi connectivity index (χ4n) is 3.26. The molecule has 0 saturated carbocycles. The Morgan fingerprint density at radius 2 is 1.97 bits per heavy atom. The van der Waals surface area contributed by atoms with Crippen LogP contribution in [0.5, 0.6) is 0 Å². The molecule has 186 valence electrons. The lowest BCUT2D eigenvalue weighted by Gasteiger charge is -2.18. The van der Waals surface area contributed by atoms with Crippen molar-refractivity contribution >= 4 is 34.9 Å². The van der Waals surface area contributed by atoms with E-state index in [9.17, 15) is 13.6 Å². The number of halogens is 5. The summed E-state index contributed by atoms with van der Waals surface area (Å²) in [6.45, 7) is -0.934. The standard InChI is InChI=1S/C22H17Cl2F3N8O/c23-14-4-5-17(35-12-32-33-34-35)13(7-14)9-29-19(36)8-15-16(24)10-30-21(20(15)25)31-11-22(26,27)18-3-1-2-6-28-18/h1-7,10,12H,8-9,11H2,(H,29,36)(H,30,31). The number of tetrazole rings is 1. The van der Waals surface area contributed by atoms with Gasteiger partial charge < -0.3 is 10.6 Å². The van der Waals surface area contributed by atoms with Gasteiger partial charge in [0, 0.05) is 29.5 Å². The van der Waals surface area contributed by atoms with Crippen molar-refractivity contribution in [3.05, 3.63) is 87.8 Å². The number of nitrogens with zero attached hydrogens (tertiary/aromatic N) is 6. The highest BCUT2D eigenvalue weighted by Crippen LogP contribution is 2.29. The average molecular weight is 537 g/mol. The summed E-state index contributed by atoms with van der Waals surface area (Å²) in [5.41, 5.74) is 0.509. The Labute approximate surface area is 212 Å². The van der Waals surface area contributed by atoms with Gasteiger partial charge in [-0.25, -0.2) is 14.1 Å². The number of carbonyl (C=O) groups excluding carboxylic acids is 1. The fraction of sp³-hybridized carbons (Fsp3) is 0.182. The molecule has 4 aromatic rings. The van der Waals surface area contributed by atoms with Gasteiger partial charge >= 0.3 is 5.92 Å². The summed E-state index contributed by atoms with van der Waals surface area (Å²) in [4.78, 5) is 20.0. The van der Waals surface area contributed by atoms with Crippen LogP contribution in [0.4, 0.5) is 19.0 Å². The summed E-state index contributed by atoms with van der Waals surface area (Å²) in [5, 5.41) is 16.2.